The first kappa shape index (κ1) is 15.8. The molecule has 1 saturated carbocycles. The second kappa shape index (κ2) is 5.96. The summed E-state index contributed by atoms with van der Waals surface area (Å²) < 4.78 is 0. The molecule has 0 aromatic heterocycles. The molecule has 3 aliphatic rings. The van der Waals surface area contributed by atoms with Crippen molar-refractivity contribution in [3.63, 3.8) is 0 Å². The molecule has 3 fully saturated rings. The van der Waals surface area contributed by atoms with Crippen molar-refractivity contribution in [1.29, 1.82) is 0 Å². The Hall–Kier alpha value is -1.75. The number of carbonyl (C=O) groups is 2. The highest BCUT2D eigenvalue weighted by Gasteiger charge is 2.45. The molecule has 24 heavy (non-hydrogen) atoms. The molecule has 1 aromatic carbocycles. The van der Waals surface area contributed by atoms with Crippen LogP contribution in [0.5, 0.6) is 5.75 Å². The lowest BCUT2D eigenvalue weighted by atomic mass is 9.83. The minimum Gasteiger partial charge on any atom is -0.507 e. The van der Waals surface area contributed by atoms with E-state index in [1.165, 1.54) is 6.07 Å². The fourth-order valence-electron chi connectivity index (χ4n) is 4.16. The zero-order chi connectivity index (χ0) is 16.8. The summed E-state index contributed by atoms with van der Waals surface area (Å²) in [5.41, 5.74) is 0.295. The van der Waals surface area contributed by atoms with Crippen LogP contribution < -0.4 is 0 Å². The Morgan fingerprint density at radius 2 is 2.00 bits per heavy atom. The molecule has 2 aliphatic heterocycles. The normalized spacial score (nSPS) is 27.1. The van der Waals surface area contributed by atoms with Crippen molar-refractivity contribution < 1.29 is 14.7 Å². The van der Waals surface area contributed by atoms with Crippen LogP contribution >= 0.6 is 11.6 Å². The average Bonchev–Trinajstić information content (AvgIpc) is 3.38. The van der Waals surface area contributed by atoms with Gasteiger partial charge in [-0.3, -0.25) is 9.59 Å². The van der Waals surface area contributed by atoms with E-state index in [9.17, 15) is 14.7 Å². The third kappa shape index (κ3) is 2.75. The van der Waals surface area contributed by atoms with Crippen molar-refractivity contribution in [2.24, 2.45) is 5.92 Å². The molecule has 2 heterocycles. The summed E-state index contributed by atoms with van der Waals surface area (Å²) in [7, 11) is 0. The molecule has 2 saturated heterocycles. The van der Waals surface area contributed by atoms with Gasteiger partial charge in [-0.2, -0.15) is 0 Å². The molecule has 0 spiro atoms. The van der Waals surface area contributed by atoms with Gasteiger partial charge in [0.2, 0.25) is 5.91 Å². The second-order valence-electron chi connectivity index (χ2n) is 7.10. The van der Waals surface area contributed by atoms with Crippen LogP contribution in [0.3, 0.4) is 0 Å². The monoisotopic (exact) mass is 348 g/mol. The van der Waals surface area contributed by atoms with Crippen LogP contribution in [0.25, 0.3) is 0 Å². The standard InChI is InChI=1S/C18H21ClN2O3/c19-12-2-5-14(16(22)9-12)18(24)20-8-7-15-11(10-20)1-6-17(23)21(15)13-3-4-13/h2,5,9,11,13,15,22H,1,3-4,6-8,10H2/t11-,15-/m0/s1. The van der Waals surface area contributed by atoms with Gasteiger partial charge in [-0.15, -0.1) is 0 Å². The van der Waals surface area contributed by atoms with Gasteiger partial charge < -0.3 is 14.9 Å². The number of phenolic OH excluding ortho intramolecular Hbond substituents is 1. The van der Waals surface area contributed by atoms with E-state index in [4.69, 9.17) is 11.6 Å². The Kier molecular flexibility index (Phi) is 3.91. The number of nitrogens with zero attached hydrogens (tertiary/aromatic N) is 2. The minimum atomic E-state index is -0.155. The van der Waals surface area contributed by atoms with Crippen molar-refractivity contribution in [1.82, 2.24) is 9.80 Å². The van der Waals surface area contributed by atoms with Crippen LogP contribution in [0.4, 0.5) is 0 Å². The zero-order valence-corrected chi connectivity index (χ0v) is 14.2. The van der Waals surface area contributed by atoms with Gasteiger partial charge in [-0.25, -0.2) is 0 Å². The molecule has 1 N–H and O–H groups in total. The Labute approximate surface area is 146 Å². The van der Waals surface area contributed by atoms with E-state index in [1.54, 1.807) is 12.1 Å². The van der Waals surface area contributed by atoms with Gasteiger partial charge in [0.1, 0.15) is 5.75 Å². The summed E-state index contributed by atoms with van der Waals surface area (Å²) in [4.78, 5) is 28.9. The minimum absolute atomic E-state index is 0.0759. The molecule has 128 valence electrons. The number of fused-ring (bicyclic) bond motifs is 1. The predicted octanol–water partition coefficient (Wildman–Crippen LogP) is 2.66. The molecule has 0 unspecified atom stereocenters. The summed E-state index contributed by atoms with van der Waals surface area (Å²) in [5.74, 6) is 0.398. The van der Waals surface area contributed by atoms with Crippen LogP contribution in [0, 0.1) is 5.92 Å². The number of rotatable bonds is 2. The third-order valence-electron chi connectivity index (χ3n) is 5.49. The highest BCUT2D eigenvalue weighted by molar-refractivity contribution is 6.30. The van der Waals surface area contributed by atoms with Crippen molar-refractivity contribution >= 4 is 23.4 Å². The molecule has 1 aliphatic carbocycles. The number of halogens is 1. The van der Waals surface area contributed by atoms with Gasteiger partial charge in [0, 0.05) is 36.6 Å². The Bertz CT molecular complexity index is 689. The maximum atomic E-state index is 12.7. The van der Waals surface area contributed by atoms with Crippen LogP contribution in [-0.4, -0.2) is 51.9 Å². The first-order chi connectivity index (χ1) is 11.5. The molecule has 5 nitrogen and oxygen atoms in total. The van der Waals surface area contributed by atoms with Gasteiger partial charge in [-0.1, -0.05) is 11.6 Å². The van der Waals surface area contributed by atoms with Gasteiger partial charge in [0.05, 0.1) is 5.56 Å². The molecule has 4 rings (SSSR count). The van der Waals surface area contributed by atoms with E-state index in [1.807, 2.05) is 4.90 Å². The van der Waals surface area contributed by atoms with E-state index in [0.717, 1.165) is 25.7 Å². The summed E-state index contributed by atoms with van der Waals surface area (Å²) in [6, 6.07) is 5.31. The Morgan fingerprint density at radius 3 is 2.71 bits per heavy atom. The van der Waals surface area contributed by atoms with Crippen LogP contribution in [0.1, 0.15) is 42.5 Å². The van der Waals surface area contributed by atoms with Crippen LogP contribution in [0.2, 0.25) is 5.02 Å². The Balaban J connectivity index is 1.50. The van der Waals surface area contributed by atoms with Crippen molar-refractivity contribution in [2.45, 2.75) is 44.2 Å². The smallest absolute Gasteiger partial charge is 0.257 e. The van der Waals surface area contributed by atoms with E-state index < -0.39 is 0 Å². The molecule has 0 radical (unpaired) electrons. The lowest BCUT2D eigenvalue weighted by molar-refractivity contribution is -0.141. The number of phenols is 1. The molecular formula is C18H21ClN2O3. The molecule has 1 aromatic rings. The predicted molar refractivity (Wildman–Crippen MR) is 90.0 cm³/mol. The Morgan fingerprint density at radius 1 is 1.21 bits per heavy atom. The van der Waals surface area contributed by atoms with Crippen LogP contribution in [-0.2, 0) is 4.79 Å². The first-order valence-corrected chi connectivity index (χ1v) is 9.01. The van der Waals surface area contributed by atoms with Crippen molar-refractivity contribution in [3.8, 4) is 5.75 Å². The van der Waals surface area contributed by atoms with Crippen molar-refractivity contribution in [3.05, 3.63) is 28.8 Å². The van der Waals surface area contributed by atoms with Gasteiger partial charge >= 0.3 is 0 Å². The van der Waals surface area contributed by atoms with E-state index in [0.29, 0.717) is 42.1 Å². The van der Waals surface area contributed by atoms with Gasteiger partial charge in [-0.05, 0) is 49.8 Å². The number of hydrogen-bond acceptors (Lipinski definition) is 3. The molecular weight excluding hydrogens is 328 g/mol. The quantitative estimate of drug-likeness (QED) is 0.893. The first-order valence-electron chi connectivity index (χ1n) is 8.63. The molecule has 2 amide bonds. The number of hydrogen-bond donors (Lipinski definition) is 1. The highest BCUT2D eigenvalue weighted by Crippen LogP contribution is 2.39. The van der Waals surface area contributed by atoms with Gasteiger partial charge in [0.15, 0.2) is 0 Å². The van der Waals surface area contributed by atoms with E-state index in [-0.39, 0.29) is 23.6 Å². The number of piperidine rings is 2. The number of benzene rings is 1. The summed E-state index contributed by atoms with van der Waals surface area (Å²) in [6.45, 7) is 1.28. The number of aromatic hydroxyl groups is 1. The molecule has 2 atom stereocenters. The van der Waals surface area contributed by atoms with Gasteiger partial charge in [0.25, 0.3) is 5.91 Å². The second-order valence-corrected chi connectivity index (χ2v) is 7.54. The highest BCUT2D eigenvalue weighted by atomic mass is 35.5. The van der Waals surface area contributed by atoms with E-state index >= 15 is 0 Å². The lowest BCUT2D eigenvalue weighted by Crippen LogP contribution is -2.57. The number of carbonyl (C=O) groups excluding carboxylic acids is 2. The maximum Gasteiger partial charge on any atom is 0.257 e. The average molecular weight is 349 g/mol. The summed E-state index contributed by atoms with van der Waals surface area (Å²) in [5, 5.41) is 10.4. The zero-order valence-electron chi connectivity index (χ0n) is 13.4. The summed E-state index contributed by atoms with van der Waals surface area (Å²) in [6.07, 6.45) is 4.51. The number of likely N-dealkylation sites (tertiary alicyclic amines) is 2. The fraction of sp³-hybridized carbons (Fsp3) is 0.556. The largest absolute Gasteiger partial charge is 0.507 e. The van der Waals surface area contributed by atoms with E-state index in [2.05, 4.69) is 4.90 Å². The maximum absolute atomic E-state index is 12.7. The molecule has 6 heteroatoms. The summed E-state index contributed by atoms with van der Waals surface area (Å²) >= 11 is 5.84. The fourth-order valence-corrected chi connectivity index (χ4v) is 4.33. The lowest BCUT2D eigenvalue weighted by Gasteiger charge is -2.47. The van der Waals surface area contributed by atoms with Crippen molar-refractivity contribution in [2.75, 3.05) is 13.1 Å². The SMILES string of the molecule is O=C(c1ccc(Cl)cc1O)N1CC[C@H]2[C@@H](CCC(=O)N2C2CC2)C1. The molecule has 0 bridgehead atoms. The number of amides is 2. The topological polar surface area (TPSA) is 60.9 Å². The van der Waals surface area contributed by atoms with Crippen LogP contribution in [0.15, 0.2) is 18.2 Å². The third-order valence-corrected chi connectivity index (χ3v) is 5.72.